The van der Waals surface area contributed by atoms with Crippen molar-refractivity contribution in [1.29, 1.82) is 0 Å². The Hall–Kier alpha value is -3.58. The molecule has 0 atom stereocenters. The average Bonchev–Trinajstić information content (AvgIpc) is 3.26. The number of aryl methyl sites for hydroxylation is 2. The fraction of sp³-hybridized carbons (Fsp3) is 0.269. The molecule has 0 spiro atoms. The maximum atomic E-state index is 13.7. The zero-order valence-corrected chi connectivity index (χ0v) is 18.8. The third-order valence-electron chi connectivity index (χ3n) is 6.40. The van der Waals surface area contributed by atoms with E-state index in [4.69, 9.17) is 15.7 Å². The van der Waals surface area contributed by atoms with Crippen LogP contribution in [0.2, 0.25) is 0 Å². The lowest BCUT2D eigenvalue weighted by molar-refractivity contribution is 0.370. The van der Waals surface area contributed by atoms with Crippen LogP contribution in [0.4, 0.5) is 10.3 Å². The summed E-state index contributed by atoms with van der Waals surface area (Å²) in [4.78, 5) is 13.9. The maximum absolute atomic E-state index is 13.7. The van der Waals surface area contributed by atoms with Crippen LogP contribution in [-0.4, -0.2) is 32.6 Å². The lowest BCUT2D eigenvalue weighted by Gasteiger charge is -2.26. The van der Waals surface area contributed by atoms with Crippen molar-refractivity contribution in [3.8, 4) is 33.8 Å². The monoisotopic (exact) mass is 442 g/mol. The molecule has 7 heteroatoms. The second kappa shape index (κ2) is 8.75. The van der Waals surface area contributed by atoms with E-state index in [9.17, 15) is 4.39 Å². The van der Waals surface area contributed by atoms with E-state index in [1.54, 1.807) is 18.3 Å². The summed E-state index contributed by atoms with van der Waals surface area (Å²) in [6.07, 6.45) is 5.68. The first-order chi connectivity index (χ1) is 16.0. The molecule has 1 fully saturated rings. The molecule has 3 heterocycles. The van der Waals surface area contributed by atoms with Gasteiger partial charge < -0.3 is 15.6 Å². The molecule has 4 aromatic rings. The molecule has 1 aliphatic rings. The average molecular weight is 443 g/mol. The quantitative estimate of drug-likeness (QED) is 0.468. The number of nitrogens with two attached hydrogens (primary N) is 1. The molecule has 0 bridgehead atoms. The van der Waals surface area contributed by atoms with E-state index < -0.39 is 0 Å². The zero-order valence-electron chi connectivity index (χ0n) is 18.8. The van der Waals surface area contributed by atoms with Crippen molar-refractivity contribution in [2.24, 2.45) is 0 Å². The number of rotatable bonds is 4. The number of nitrogen functional groups attached to an aromatic ring is 1. The second-order valence-electron chi connectivity index (χ2n) is 8.59. The summed E-state index contributed by atoms with van der Waals surface area (Å²) in [7, 11) is 0. The van der Waals surface area contributed by atoms with Crippen LogP contribution < -0.4 is 11.1 Å². The molecule has 1 saturated heterocycles. The molecular formula is C26H27FN6. The highest BCUT2D eigenvalue weighted by Crippen LogP contribution is 2.40. The van der Waals surface area contributed by atoms with Gasteiger partial charge in [-0.2, -0.15) is 0 Å². The summed E-state index contributed by atoms with van der Waals surface area (Å²) in [5.41, 5.74) is 13.6. The van der Waals surface area contributed by atoms with Crippen LogP contribution in [0, 0.1) is 19.7 Å². The van der Waals surface area contributed by atoms with Gasteiger partial charge in [-0.3, -0.25) is 0 Å². The molecule has 168 valence electrons. The van der Waals surface area contributed by atoms with Crippen molar-refractivity contribution in [3.05, 3.63) is 71.9 Å². The second-order valence-corrected chi connectivity index (χ2v) is 8.59. The number of nitrogens with zero attached hydrogens (tertiary/aromatic N) is 4. The van der Waals surface area contributed by atoms with Crippen LogP contribution in [0.15, 0.2) is 55.0 Å². The number of aromatic nitrogens is 4. The molecule has 0 saturated carbocycles. The summed E-state index contributed by atoms with van der Waals surface area (Å²) in [6.45, 7) is 6.08. The Morgan fingerprint density at radius 3 is 2.36 bits per heavy atom. The van der Waals surface area contributed by atoms with Gasteiger partial charge in [-0.1, -0.05) is 18.2 Å². The van der Waals surface area contributed by atoms with Gasteiger partial charge in [0.1, 0.15) is 11.5 Å². The molecule has 0 aliphatic carbocycles. The summed E-state index contributed by atoms with van der Waals surface area (Å²) in [6, 6.07) is 13.0. The zero-order chi connectivity index (χ0) is 22.9. The minimum Gasteiger partial charge on any atom is -0.368 e. The van der Waals surface area contributed by atoms with E-state index in [-0.39, 0.29) is 17.8 Å². The summed E-state index contributed by atoms with van der Waals surface area (Å²) >= 11 is 0. The van der Waals surface area contributed by atoms with Gasteiger partial charge >= 0.3 is 0 Å². The van der Waals surface area contributed by atoms with Crippen molar-refractivity contribution in [3.63, 3.8) is 0 Å². The van der Waals surface area contributed by atoms with Crippen molar-refractivity contribution >= 4 is 5.95 Å². The van der Waals surface area contributed by atoms with E-state index in [1.165, 1.54) is 12.1 Å². The van der Waals surface area contributed by atoms with Crippen LogP contribution in [0.5, 0.6) is 0 Å². The number of nitrogens with one attached hydrogen (secondary N) is 1. The van der Waals surface area contributed by atoms with Gasteiger partial charge in [0.25, 0.3) is 0 Å². The van der Waals surface area contributed by atoms with Crippen LogP contribution in [0.1, 0.15) is 30.0 Å². The first-order valence-electron chi connectivity index (χ1n) is 11.3. The van der Waals surface area contributed by atoms with Crippen molar-refractivity contribution in [1.82, 2.24) is 24.8 Å². The third-order valence-corrected chi connectivity index (χ3v) is 6.40. The third kappa shape index (κ3) is 4.00. The Balaban J connectivity index is 1.79. The smallest absolute Gasteiger partial charge is 0.220 e. The lowest BCUT2D eigenvalue weighted by atomic mass is 9.93. The van der Waals surface area contributed by atoms with Gasteiger partial charge in [0.2, 0.25) is 5.95 Å². The van der Waals surface area contributed by atoms with Crippen LogP contribution in [0.25, 0.3) is 33.8 Å². The van der Waals surface area contributed by atoms with E-state index in [0.29, 0.717) is 0 Å². The SMILES string of the molecule is Cc1cccc(C)c1-c1cnc(N)nc1-c1c(-c2ccc(F)cc2)ncn1C1CCNCC1. The highest BCUT2D eigenvalue weighted by atomic mass is 19.1. The van der Waals surface area contributed by atoms with Crippen LogP contribution in [0.3, 0.4) is 0 Å². The summed E-state index contributed by atoms with van der Waals surface area (Å²) < 4.78 is 15.9. The number of piperidine rings is 1. The van der Waals surface area contributed by atoms with Gasteiger partial charge in [0, 0.05) is 23.4 Å². The normalized spacial score (nSPS) is 14.5. The molecule has 2 aromatic heterocycles. The molecule has 0 radical (unpaired) electrons. The van der Waals surface area contributed by atoms with E-state index in [1.807, 2.05) is 6.33 Å². The Morgan fingerprint density at radius 2 is 1.67 bits per heavy atom. The number of hydrogen-bond donors (Lipinski definition) is 2. The van der Waals surface area contributed by atoms with Gasteiger partial charge in [-0.25, -0.2) is 19.3 Å². The maximum Gasteiger partial charge on any atom is 0.220 e. The Kier molecular flexibility index (Phi) is 5.64. The van der Waals surface area contributed by atoms with Gasteiger partial charge in [-0.15, -0.1) is 0 Å². The number of halogens is 1. The summed E-state index contributed by atoms with van der Waals surface area (Å²) in [5.74, 6) is -0.0660. The lowest BCUT2D eigenvalue weighted by Crippen LogP contribution is -2.29. The fourth-order valence-electron chi connectivity index (χ4n) is 4.77. The predicted molar refractivity (Wildman–Crippen MR) is 129 cm³/mol. The highest BCUT2D eigenvalue weighted by Gasteiger charge is 2.26. The van der Waals surface area contributed by atoms with Gasteiger partial charge in [0.15, 0.2) is 0 Å². The fourth-order valence-corrected chi connectivity index (χ4v) is 4.77. The minimum absolute atomic E-state index is 0.211. The largest absolute Gasteiger partial charge is 0.368 e. The molecule has 0 unspecified atom stereocenters. The Labute approximate surface area is 192 Å². The number of benzene rings is 2. The molecule has 0 amide bonds. The van der Waals surface area contributed by atoms with Gasteiger partial charge in [-0.05, 0) is 80.7 Å². The molecule has 3 N–H and O–H groups in total. The van der Waals surface area contributed by atoms with Crippen molar-refractivity contribution < 1.29 is 4.39 Å². The Morgan fingerprint density at radius 1 is 0.970 bits per heavy atom. The number of hydrogen-bond acceptors (Lipinski definition) is 5. The first kappa shape index (κ1) is 21.3. The van der Waals surface area contributed by atoms with E-state index >= 15 is 0 Å². The van der Waals surface area contributed by atoms with E-state index in [0.717, 1.165) is 70.8 Å². The predicted octanol–water partition coefficient (Wildman–Crippen LogP) is 4.94. The molecule has 2 aromatic carbocycles. The molecule has 33 heavy (non-hydrogen) atoms. The van der Waals surface area contributed by atoms with Crippen molar-refractivity contribution in [2.75, 3.05) is 18.8 Å². The number of anilines is 1. The molecular weight excluding hydrogens is 415 g/mol. The van der Waals surface area contributed by atoms with Crippen LogP contribution in [-0.2, 0) is 0 Å². The van der Waals surface area contributed by atoms with Crippen LogP contribution >= 0.6 is 0 Å². The van der Waals surface area contributed by atoms with E-state index in [2.05, 4.69) is 46.9 Å². The van der Waals surface area contributed by atoms with Gasteiger partial charge in [0.05, 0.1) is 17.7 Å². The number of imidazole rings is 1. The highest BCUT2D eigenvalue weighted by molar-refractivity contribution is 5.88. The topological polar surface area (TPSA) is 81.7 Å². The Bertz CT molecular complexity index is 1270. The molecule has 6 nitrogen and oxygen atoms in total. The molecule has 1 aliphatic heterocycles. The first-order valence-corrected chi connectivity index (χ1v) is 11.3. The van der Waals surface area contributed by atoms with Crippen molar-refractivity contribution in [2.45, 2.75) is 32.7 Å². The standard InChI is InChI=1S/C26H27FN6/c1-16-4-3-5-17(2)22(16)21-14-30-26(28)32-24(21)25-23(18-6-8-19(27)9-7-18)31-15-33(25)20-10-12-29-13-11-20/h3-9,14-15,20,29H,10-13H2,1-2H3,(H2,28,30,32). The minimum atomic E-state index is -0.277. The molecule has 5 rings (SSSR count). The summed E-state index contributed by atoms with van der Waals surface area (Å²) in [5, 5.41) is 3.43.